The van der Waals surface area contributed by atoms with Gasteiger partial charge in [0.25, 0.3) is 0 Å². The SMILES string of the molecule is COc1ccc(-c2ccc(S(=O)(=O)c3ccc(-c4ccc(C)c(CBr)c4)cc3)cc2)cc1CBr. The van der Waals surface area contributed by atoms with E-state index in [1.54, 1.807) is 31.4 Å². The molecule has 0 radical (unpaired) electrons. The number of hydrogen-bond acceptors (Lipinski definition) is 3. The zero-order chi connectivity index (χ0) is 24.3. The number of halogens is 2. The van der Waals surface area contributed by atoms with Crippen molar-refractivity contribution in [3.63, 3.8) is 0 Å². The number of methoxy groups -OCH3 is 1. The van der Waals surface area contributed by atoms with Gasteiger partial charge in [0.15, 0.2) is 0 Å². The van der Waals surface area contributed by atoms with Crippen molar-refractivity contribution in [3.8, 4) is 28.0 Å². The summed E-state index contributed by atoms with van der Waals surface area (Å²) in [5, 5.41) is 1.45. The zero-order valence-corrected chi connectivity index (χ0v) is 22.9. The average Bonchev–Trinajstić information content (AvgIpc) is 2.88. The molecular formula is C28H24Br2O3S. The predicted molar refractivity (Wildman–Crippen MR) is 146 cm³/mol. The molecular weight excluding hydrogens is 576 g/mol. The summed E-state index contributed by atoms with van der Waals surface area (Å²) in [6.45, 7) is 2.08. The summed E-state index contributed by atoms with van der Waals surface area (Å²) in [7, 11) is -1.97. The summed E-state index contributed by atoms with van der Waals surface area (Å²) in [5.41, 5.74) is 7.48. The minimum Gasteiger partial charge on any atom is -0.496 e. The highest BCUT2D eigenvalue weighted by Gasteiger charge is 2.18. The maximum Gasteiger partial charge on any atom is 0.206 e. The molecule has 0 heterocycles. The number of rotatable bonds is 7. The Morgan fingerprint density at radius 2 is 1.09 bits per heavy atom. The van der Waals surface area contributed by atoms with E-state index in [4.69, 9.17) is 4.74 Å². The summed E-state index contributed by atoms with van der Waals surface area (Å²) >= 11 is 7.01. The zero-order valence-electron chi connectivity index (χ0n) is 18.9. The van der Waals surface area contributed by atoms with Gasteiger partial charge in [-0.25, -0.2) is 8.42 Å². The Hall–Kier alpha value is -2.41. The van der Waals surface area contributed by atoms with Crippen LogP contribution in [0.4, 0.5) is 0 Å². The molecule has 6 heteroatoms. The largest absolute Gasteiger partial charge is 0.496 e. The van der Waals surface area contributed by atoms with Crippen LogP contribution in [-0.2, 0) is 20.5 Å². The third-order valence-electron chi connectivity index (χ3n) is 5.91. The Morgan fingerprint density at radius 3 is 1.56 bits per heavy atom. The second kappa shape index (κ2) is 10.5. The summed E-state index contributed by atoms with van der Waals surface area (Å²) in [6.07, 6.45) is 0. The standard InChI is InChI=1S/C28H24Br2O3S/c1-19-3-4-22(15-24(19)17-29)20-5-10-26(11-6-20)34(31,32)27-12-7-21(8-13-27)23-9-14-28(33-2)25(16-23)18-30/h3-16H,17-18H2,1-2H3. The number of hydrogen-bond donors (Lipinski definition) is 0. The first-order chi connectivity index (χ1) is 16.4. The second-order valence-corrected chi connectivity index (χ2v) is 11.1. The highest BCUT2D eigenvalue weighted by molar-refractivity contribution is 9.08. The molecule has 0 aliphatic carbocycles. The van der Waals surface area contributed by atoms with Gasteiger partial charge in [0.05, 0.1) is 16.9 Å². The molecule has 0 unspecified atom stereocenters. The first-order valence-corrected chi connectivity index (χ1v) is 14.4. The van der Waals surface area contributed by atoms with E-state index in [1.165, 1.54) is 11.1 Å². The van der Waals surface area contributed by atoms with E-state index in [-0.39, 0.29) is 9.79 Å². The van der Waals surface area contributed by atoms with Gasteiger partial charge in [-0.3, -0.25) is 0 Å². The van der Waals surface area contributed by atoms with Crippen LogP contribution in [0.2, 0.25) is 0 Å². The Bertz CT molecular complexity index is 1410. The van der Waals surface area contributed by atoms with Crippen molar-refractivity contribution in [1.29, 1.82) is 0 Å². The van der Waals surface area contributed by atoms with Gasteiger partial charge in [0.2, 0.25) is 9.84 Å². The molecule has 0 aliphatic heterocycles. The van der Waals surface area contributed by atoms with Crippen molar-refractivity contribution in [3.05, 3.63) is 102 Å². The lowest BCUT2D eigenvalue weighted by atomic mass is 10.0. The molecule has 0 aliphatic rings. The van der Waals surface area contributed by atoms with Crippen LogP contribution < -0.4 is 4.74 Å². The van der Waals surface area contributed by atoms with Crippen molar-refractivity contribution in [2.75, 3.05) is 7.11 Å². The van der Waals surface area contributed by atoms with Crippen molar-refractivity contribution in [2.24, 2.45) is 0 Å². The lowest BCUT2D eigenvalue weighted by molar-refractivity contribution is 0.411. The number of aryl methyl sites for hydroxylation is 1. The van der Waals surface area contributed by atoms with Crippen molar-refractivity contribution >= 4 is 41.7 Å². The molecule has 174 valence electrons. The van der Waals surface area contributed by atoms with Gasteiger partial charge >= 0.3 is 0 Å². The van der Waals surface area contributed by atoms with Crippen LogP contribution in [0.3, 0.4) is 0 Å². The van der Waals surface area contributed by atoms with Crippen LogP contribution in [0.5, 0.6) is 5.75 Å². The Labute approximate surface area is 218 Å². The quantitative estimate of drug-likeness (QED) is 0.202. The molecule has 0 spiro atoms. The van der Waals surface area contributed by atoms with E-state index in [0.717, 1.165) is 38.9 Å². The number of benzene rings is 4. The molecule has 4 aromatic carbocycles. The fourth-order valence-electron chi connectivity index (χ4n) is 3.85. The fraction of sp³-hybridized carbons (Fsp3) is 0.143. The molecule has 0 fully saturated rings. The maximum absolute atomic E-state index is 13.2. The van der Waals surface area contributed by atoms with E-state index < -0.39 is 9.84 Å². The van der Waals surface area contributed by atoms with E-state index >= 15 is 0 Å². The van der Waals surface area contributed by atoms with Crippen LogP contribution >= 0.6 is 31.9 Å². The minimum absolute atomic E-state index is 0.273. The van der Waals surface area contributed by atoms with Crippen LogP contribution in [0.15, 0.2) is 94.7 Å². The Kier molecular flexibility index (Phi) is 7.60. The third-order valence-corrected chi connectivity index (χ3v) is 8.91. The average molecular weight is 600 g/mol. The molecule has 0 N–H and O–H groups in total. The fourth-order valence-corrected chi connectivity index (χ4v) is 6.15. The molecule has 0 saturated heterocycles. The third kappa shape index (κ3) is 4.99. The monoisotopic (exact) mass is 598 g/mol. The van der Waals surface area contributed by atoms with Gasteiger partial charge in [-0.15, -0.1) is 0 Å². The molecule has 4 aromatic rings. The lowest BCUT2D eigenvalue weighted by Crippen LogP contribution is -2.02. The van der Waals surface area contributed by atoms with E-state index in [1.807, 2.05) is 42.5 Å². The molecule has 0 bridgehead atoms. The van der Waals surface area contributed by atoms with Gasteiger partial charge < -0.3 is 4.74 Å². The lowest BCUT2D eigenvalue weighted by Gasteiger charge is -2.11. The van der Waals surface area contributed by atoms with Crippen molar-refractivity contribution in [1.82, 2.24) is 0 Å². The molecule has 34 heavy (non-hydrogen) atoms. The van der Waals surface area contributed by atoms with Crippen LogP contribution in [0, 0.1) is 6.92 Å². The molecule has 4 rings (SSSR count). The summed E-state index contributed by atoms with van der Waals surface area (Å²) < 4.78 is 31.8. The number of alkyl halides is 2. The highest BCUT2D eigenvalue weighted by Crippen LogP contribution is 2.31. The second-order valence-electron chi connectivity index (χ2n) is 7.99. The van der Waals surface area contributed by atoms with Crippen LogP contribution in [0.1, 0.15) is 16.7 Å². The van der Waals surface area contributed by atoms with Crippen LogP contribution in [-0.4, -0.2) is 15.5 Å². The van der Waals surface area contributed by atoms with Gasteiger partial charge in [0.1, 0.15) is 5.75 Å². The predicted octanol–water partition coefficient (Wildman–Crippen LogP) is 7.96. The smallest absolute Gasteiger partial charge is 0.206 e. The van der Waals surface area contributed by atoms with Gasteiger partial charge in [0, 0.05) is 16.2 Å². The van der Waals surface area contributed by atoms with E-state index in [0.29, 0.717) is 5.33 Å². The molecule has 3 nitrogen and oxygen atoms in total. The summed E-state index contributed by atoms with van der Waals surface area (Å²) in [4.78, 5) is 0.554. The van der Waals surface area contributed by atoms with Crippen molar-refractivity contribution < 1.29 is 13.2 Å². The number of sulfone groups is 1. The van der Waals surface area contributed by atoms with Gasteiger partial charge in [-0.05, 0) is 76.7 Å². The first-order valence-electron chi connectivity index (χ1n) is 10.7. The van der Waals surface area contributed by atoms with E-state index in [2.05, 4.69) is 57.0 Å². The molecule has 0 saturated carbocycles. The summed E-state index contributed by atoms with van der Waals surface area (Å²) in [5.74, 6) is 0.817. The molecule has 0 atom stereocenters. The van der Waals surface area contributed by atoms with Crippen LogP contribution in [0.25, 0.3) is 22.3 Å². The van der Waals surface area contributed by atoms with Gasteiger partial charge in [-0.2, -0.15) is 0 Å². The highest BCUT2D eigenvalue weighted by atomic mass is 79.9. The van der Waals surface area contributed by atoms with Gasteiger partial charge in [-0.1, -0.05) is 80.4 Å². The topological polar surface area (TPSA) is 43.4 Å². The first kappa shape index (κ1) is 24.7. The molecule has 0 aromatic heterocycles. The normalized spacial score (nSPS) is 11.4. The van der Waals surface area contributed by atoms with Crippen molar-refractivity contribution in [2.45, 2.75) is 27.4 Å². The molecule has 0 amide bonds. The number of ether oxygens (including phenoxy) is 1. The Balaban J connectivity index is 1.60. The Morgan fingerprint density at radius 1 is 0.647 bits per heavy atom. The summed E-state index contributed by atoms with van der Waals surface area (Å²) in [6, 6.07) is 26.3. The maximum atomic E-state index is 13.2. The minimum atomic E-state index is -3.61. The van der Waals surface area contributed by atoms with E-state index in [9.17, 15) is 8.42 Å².